The van der Waals surface area contributed by atoms with Gasteiger partial charge >= 0.3 is 0 Å². The quantitative estimate of drug-likeness (QED) is 0.832. The number of carbonyl (C=O) groups excluding carboxylic acids is 1. The Morgan fingerprint density at radius 3 is 2.55 bits per heavy atom. The molecule has 0 bridgehead atoms. The summed E-state index contributed by atoms with van der Waals surface area (Å²) >= 11 is 0. The van der Waals surface area contributed by atoms with Gasteiger partial charge in [0.05, 0.1) is 0 Å². The van der Waals surface area contributed by atoms with Crippen LogP contribution in [0.5, 0.6) is 5.75 Å². The zero-order valence-electron chi connectivity index (χ0n) is 12.4. The summed E-state index contributed by atoms with van der Waals surface area (Å²) in [5.74, 6) is -0.116. The molecule has 0 saturated heterocycles. The fourth-order valence-electron chi connectivity index (χ4n) is 2.05. The molecule has 1 unspecified atom stereocenters. The van der Waals surface area contributed by atoms with Crippen molar-refractivity contribution in [2.24, 2.45) is 5.73 Å². The van der Waals surface area contributed by atoms with E-state index in [1.54, 1.807) is 17.9 Å². The molecule has 0 aliphatic heterocycles. The molecular weight excluding hydrogens is 259 g/mol. The fraction of sp³-hybridized carbons (Fsp3) is 0.533. The number of halogens is 1. The summed E-state index contributed by atoms with van der Waals surface area (Å²) in [5.41, 5.74) is 6.23. The van der Waals surface area contributed by atoms with Crippen LogP contribution in [0.2, 0.25) is 0 Å². The van der Waals surface area contributed by atoms with E-state index >= 15 is 0 Å². The number of hydrogen-bond donors (Lipinski definition) is 1. The number of benzene rings is 1. The Morgan fingerprint density at radius 1 is 1.35 bits per heavy atom. The van der Waals surface area contributed by atoms with Crippen LogP contribution in [0.15, 0.2) is 18.2 Å². The van der Waals surface area contributed by atoms with Crippen LogP contribution in [0, 0.1) is 5.82 Å². The maximum atomic E-state index is 13.5. The summed E-state index contributed by atoms with van der Waals surface area (Å²) < 4.78 is 19.0. The maximum Gasteiger partial charge on any atom is 0.263 e. The molecule has 20 heavy (non-hydrogen) atoms. The number of ether oxygens (including phenoxy) is 1. The first-order valence-electron chi connectivity index (χ1n) is 6.96. The molecule has 0 saturated carbocycles. The predicted octanol–water partition coefficient (Wildman–Crippen LogP) is 1.96. The van der Waals surface area contributed by atoms with Crippen LogP contribution >= 0.6 is 0 Å². The summed E-state index contributed by atoms with van der Waals surface area (Å²) in [6.07, 6.45) is -0.0608. The first-order valence-corrected chi connectivity index (χ1v) is 6.96. The third-order valence-corrected chi connectivity index (χ3v) is 3.10. The van der Waals surface area contributed by atoms with Crippen molar-refractivity contribution in [3.05, 3.63) is 29.6 Å². The number of nitrogens with zero attached hydrogens (tertiary/aromatic N) is 1. The SMILES string of the molecule is CCN(CC)C(=O)C(C)Oc1cc(F)cc(CCN)c1. The third kappa shape index (κ3) is 4.49. The van der Waals surface area contributed by atoms with E-state index in [-0.39, 0.29) is 11.7 Å². The summed E-state index contributed by atoms with van der Waals surface area (Å²) in [6.45, 7) is 7.20. The molecule has 112 valence electrons. The molecule has 0 aromatic heterocycles. The highest BCUT2D eigenvalue weighted by atomic mass is 19.1. The van der Waals surface area contributed by atoms with Crippen LogP contribution < -0.4 is 10.5 Å². The van der Waals surface area contributed by atoms with Crippen molar-refractivity contribution in [3.8, 4) is 5.75 Å². The highest BCUT2D eigenvalue weighted by Gasteiger charge is 2.20. The van der Waals surface area contributed by atoms with Gasteiger partial charge in [0.25, 0.3) is 5.91 Å². The zero-order valence-corrected chi connectivity index (χ0v) is 12.4. The average Bonchev–Trinajstić information content (AvgIpc) is 2.39. The van der Waals surface area contributed by atoms with Gasteiger partial charge in [-0.25, -0.2) is 4.39 Å². The maximum absolute atomic E-state index is 13.5. The Hall–Kier alpha value is -1.62. The molecule has 4 nitrogen and oxygen atoms in total. The molecule has 1 aromatic rings. The molecule has 2 N–H and O–H groups in total. The number of carbonyl (C=O) groups is 1. The number of hydrogen-bond acceptors (Lipinski definition) is 3. The van der Waals surface area contributed by atoms with Crippen molar-refractivity contribution < 1.29 is 13.9 Å². The molecule has 0 fully saturated rings. The lowest BCUT2D eigenvalue weighted by Gasteiger charge is -2.23. The van der Waals surface area contributed by atoms with Gasteiger partial charge in [-0.3, -0.25) is 4.79 Å². The molecule has 0 aliphatic rings. The van der Waals surface area contributed by atoms with Crippen molar-refractivity contribution in [3.63, 3.8) is 0 Å². The van der Waals surface area contributed by atoms with Crippen LogP contribution in [-0.2, 0) is 11.2 Å². The monoisotopic (exact) mass is 282 g/mol. The molecule has 1 atom stereocenters. The summed E-state index contributed by atoms with van der Waals surface area (Å²) in [4.78, 5) is 13.8. The number of rotatable bonds is 7. The standard InChI is InChI=1S/C15H23FN2O2/c1-4-18(5-2)15(19)11(3)20-14-9-12(6-7-17)8-13(16)10-14/h8-11H,4-7,17H2,1-3H3. The normalized spacial score (nSPS) is 12.1. The van der Waals surface area contributed by atoms with E-state index in [1.165, 1.54) is 12.1 Å². The van der Waals surface area contributed by atoms with Gasteiger partial charge in [0.2, 0.25) is 0 Å². The average molecular weight is 282 g/mol. The summed E-state index contributed by atoms with van der Waals surface area (Å²) in [6, 6.07) is 4.44. The molecule has 1 rings (SSSR count). The van der Waals surface area contributed by atoms with Crippen LogP contribution in [-0.4, -0.2) is 36.5 Å². The lowest BCUT2D eigenvalue weighted by Crippen LogP contribution is -2.40. The fourth-order valence-corrected chi connectivity index (χ4v) is 2.05. The highest BCUT2D eigenvalue weighted by Crippen LogP contribution is 2.18. The van der Waals surface area contributed by atoms with Crippen LogP contribution in [0.4, 0.5) is 4.39 Å². The second kappa shape index (κ2) is 7.85. The Labute approximate surface area is 119 Å². The van der Waals surface area contributed by atoms with Gasteiger partial charge in [0.1, 0.15) is 11.6 Å². The minimum atomic E-state index is -0.637. The van der Waals surface area contributed by atoms with E-state index in [1.807, 2.05) is 13.8 Å². The third-order valence-electron chi connectivity index (χ3n) is 3.10. The Bertz CT molecular complexity index is 447. The van der Waals surface area contributed by atoms with E-state index in [2.05, 4.69) is 0 Å². The van der Waals surface area contributed by atoms with E-state index in [0.29, 0.717) is 31.8 Å². The number of amides is 1. The molecule has 5 heteroatoms. The molecule has 1 aromatic carbocycles. The smallest absolute Gasteiger partial charge is 0.263 e. The first kappa shape index (κ1) is 16.4. The van der Waals surface area contributed by atoms with Gasteiger partial charge in [0, 0.05) is 19.2 Å². The number of likely N-dealkylation sites (N-methyl/N-ethyl adjacent to an activating group) is 1. The second-order valence-corrected chi connectivity index (χ2v) is 4.60. The van der Waals surface area contributed by atoms with Gasteiger partial charge < -0.3 is 15.4 Å². The molecular formula is C15H23FN2O2. The second-order valence-electron chi connectivity index (χ2n) is 4.60. The molecule has 0 heterocycles. The van der Waals surface area contributed by atoms with E-state index in [4.69, 9.17) is 10.5 Å². The Kier molecular flexibility index (Phi) is 6.45. The van der Waals surface area contributed by atoms with Gasteiger partial charge in [0.15, 0.2) is 6.10 Å². The van der Waals surface area contributed by atoms with E-state index in [9.17, 15) is 9.18 Å². The topological polar surface area (TPSA) is 55.6 Å². The summed E-state index contributed by atoms with van der Waals surface area (Å²) in [5, 5.41) is 0. The van der Waals surface area contributed by atoms with Crippen LogP contribution in [0.3, 0.4) is 0 Å². The van der Waals surface area contributed by atoms with Gasteiger partial charge in [-0.05, 0) is 51.4 Å². The zero-order chi connectivity index (χ0) is 15.1. The lowest BCUT2D eigenvalue weighted by atomic mass is 10.1. The minimum Gasteiger partial charge on any atom is -0.481 e. The van der Waals surface area contributed by atoms with Gasteiger partial charge in [-0.1, -0.05) is 0 Å². The van der Waals surface area contributed by atoms with E-state index < -0.39 is 6.10 Å². The summed E-state index contributed by atoms with van der Waals surface area (Å²) in [7, 11) is 0. The van der Waals surface area contributed by atoms with Crippen molar-refractivity contribution in [1.29, 1.82) is 0 Å². The van der Waals surface area contributed by atoms with Crippen LogP contribution in [0.1, 0.15) is 26.3 Å². The van der Waals surface area contributed by atoms with Crippen molar-refractivity contribution >= 4 is 5.91 Å². The molecule has 0 spiro atoms. The number of nitrogens with two attached hydrogens (primary N) is 1. The van der Waals surface area contributed by atoms with E-state index in [0.717, 1.165) is 5.56 Å². The lowest BCUT2D eigenvalue weighted by molar-refractivity contribution is -0.137. The van der Waals surface area contributed by atoms with Gasteiger partial charge in [-0.2, -0.15) is 0 Å². The molecule has 0 radical (unpaired) electrons. The van der Waals surface area contributed by atoms with Crippen LogP contribution in [0.25, 0.3) is 0 Å². The Balaban J connectivity index is 2.79. The first-order chi connectivity index (χ1) is 9.51. The minimum absolute atomic E-state index is 0.0976. The van der Waals surface area contributed by atoms with Crippen molar-refractivity contribution in [2.45, 2.75) is 33.3 Å². The van der Waals surface area contributed by atoms with Gasteiger partial charge in [-0.15, -0.1) is 0 Å². The Morgan fingerprint density at radius 2 is 2.00 bits per heavy atom. The predicted molar refractivity (Wildman–Crippen MR) is 77.2 cm³/mol. The highest BCUT2D eigenvalue weighted by molar-refractivity contribution is 5.80. The van der Waals surface area contributed by atoms with Crippen molar-refractivity contribution in [2.75, 3.05) is 19.6 Å². The van der Waals surface area contributed by atoms with Crippen molar-refractivity contribution in [1.82, 2.24) is 4.90 Å². The molecule has 0 aliphatic carbocycles. The largest absolute Gasteiger partial charge is 0.481 e. The molecule has 1 amide bonds.